The van der Waals surface area contributed by atoms with Crippen molar-refractivity contribution in [1.82, 2.24) is 4.90 Å². The quantitative estimate of drug-likeness (QED) is 0.754. The molecule has 0 aliphatic carbocycles. The summed E-state index contributed by atoms with van der Waals surface area (Å²) in [7, 11) is 0. The molecule has 2 atom stereocenters. The highest BCUT2D eigenvalue weighted by Crippen LogP contribution is 2.47. The average molecular weight is 241 g/mol. The Morgan fingerprint density at radius 3 is 2.88 bits per heavy atom. The fourth-order valence-electron chi connectivity index (χ4n) is 3.33. The summed E-state index contributed by atoms with van der Waals surface area (Å²) in [5, 5.41) is 10.9. The average Bonchev–Trinajstić information content (AvgIpc) is 2.84. The van der Waals surface area contributed by atoms with Crippen LogP contribution >= 0.6 is 0 Å². The first kappa shape index (κ1) is 12.8. The van der Waals surface area contributed by atoms with E-state index in [1.54, 1.807) is 6.92 Å². The first-order valence-electron chi connectivity index (χ1n) is 6.57. The lowest BCUT2D eigenvalue weighted by atomic mass is 9.70. The molecule has 0 aromatic rings. The summed E-state index contributed by atoms with van der Waals surface area (Å²) < 4.78 is 5.12. The van der Waals surface area contributed by atoms with Crippen LogP contribution in [0.3, 0.4) is 0 Å². The van der Waals surface area contributed by atoms with Crippen molar-refractivity contribution in [3.8, 4) is 0 Å². The Balaban J connectivity index is 2.22. The van der Waals surface area contributed by atoms with Gasteiger partial charge in [-0.05, 0) is 46.6 Å². The lowest BCUT2D eigenvalue weighted by Crippen LogP contribution is -2.56. The zero-order chi connectivity index (χ0) is 12.7. The Kier molecular flexibility index (Phi) is 3.21. The van der Waals surface area contributed by atoms with Crippen molar-refractivity contribution in [1.29, 1.82) is 0 Å². The molecule has 98 valence electrons. The van der Waals surface area contributed by atoms with Crippen molar-refractivity contribution < 1.29 is 14.6 Å². The standard InChI is InChI=1S/C13H23NO3/c1-4-17-11(15)12(2,3)13(16)7-9-14-8-5-6-10(13)14/h10,16H,4-9H2,1-3H3. The number of aliphatic hydroxyl groups is 1. The number of fused-ring (bicyclic) bond motifs is 1. The molecule has 2 rings (SSSR count). The second kappa shape index (κ2) is 4.25. The third-order valence-corrected chi connectivity index (χ3v) is 4.56. The van der Waals surface area contributed by atoms with Crippen molar-refractivity contribution in [2.45, 2.75) is 51.7 Å². The maximum Gasteiger partial charge on any atom is 0.314 e. The predicted molar refractivity (Wildman–Crippen MR) is 64.6 cm³/mol. The molecule has 0 aromatic carbocycles. The summed E-state index contributed by atoms with van der Waals surface area (Å²) in [4.78, 5) is 14.4. The fraction of sp³-hybridized carbons (Fsp3) is 0.923. The van der Waals surface area contributed by atoms with E-state index in [1.807, 2.05) is 13.8 Å². The highest BCUT2D eigenvalue weighted by molar-refractivity contribution is 5.78. The van der Waals surface area contributed by atoms with Crippen LogP contribution in [0.4, 0.5) is 0 Å². The van der Waals surface area contributed by atoms with Crippen LogP contribution in [0.15, 0.2) is 0 Å². The van der Waals surface area contributed by atoms with E-state index in [9.17, 15) is 9.90 Å². The summed E-state index contributed by atoms with van der Waals surface area (Å²) in [6.45, 7) is 7.73. The molecule has 4 heteroatoms. The Morgan fingerprint density at radius 2 is 2.24 bits per heavy atom. The van der Waals surface area contributed by atoms with Gasteiger partial charge in [-0.2, -0.15) is 0 Å². The minimum absolute atomic E-state index is 0.127. The Hall–Kier alpha value is -0.610. The summed E-state index contributed by atoms with van der Waals surface area (Å²) in [6, 6.07) is 0.127. The smallest absolute Gasteiger partial charge is 0.314 e. The van der Waals surface area contributed by atoms with Crippen LogP contribution < -0.4 is 0 Å². The minimum atomic E-state index is -0.935. The predicted octanol–water partition coefficient (Wildman–Crippen LogP) is 1.17. The van der Waals surface area contributed by atoms with Gasteiger partial charge in [0.25, 0.3) is 0 Å². The van der Waals surface area contributed by atoms with Gasteiger partial charge in [-0.15, -0.1) is 0 Å². The molecule has 0 aromatic heterocycles. The third-order valence-electron chi connectivity index (χ3n) is 4.56. The number of ether oxygens (including phenoxy) is 1. The fourth-order valence-corrected chi connectivity index (χ4v) is 3.33. The van der Waals surface area contributed by atoms with Gasteiger partial charge in [-0.3, -0.25) is 9.69 Å². The van der Waals surface area contributed by atoms with Gasteiger partial charge >= 0.3 is 5.97 Å². The number of esters is 1. The molecule has 2 aliphatic heterocycles. The molecule has 0 amide bonds. The number of carbonyl (C=O) groups excluding carboxylic acids is 1. The molecule has 4 nitrogen and oxygen atoms in total. The van der Waals surface area contributed by atoms with Crippen LogP contribution in [0.2, 0.25) is 0 Å². The molecule has 0 bridgehead atoms. The van der Waals surface area contributed by atoms with E-state index in [4.69, 9.17) is 4.74 Å². The van der Waals surface area contributed by atoms with Crippen LogP contribution in [0, 0.1) is 5.41 Å². The van der Waals surface area contributed by atoms with E-state index >= 15 is 0 Å². The van der Waals surface area contributed by atoms with E-state index in [0.29, 0.717) is 13.0 Å². The largest absolute Gasteiger partial charge is 0.465 e. The Labute approximate surface area is 103 Å². The van der Waals surface area contributed by atoms with Gasteiger partial charge in [0.2, 0.25) is 0 Å². The van der Waals surface area contributed by atoms with Crippen molar-refractivity contribution in [2.75, 3.05) is 19.7 Å². The molecule has 2 heterocycles. The summed E-state index contributed by atoms with van der Waals surface area (Å²) in [6.07, 6.45) is 2.77. The lowest BCUT2D eigenvalue weighted by molar-refractivity contribution is -0.173. The van der Waals surface area contributed by atoms with E-state index in [-0.39, 0.29) is 12.0 Å². The maximum absolute atomic E-state index is 12.0. The zero-order valence-electron chi connectivity index (χ0n) is 11.0. The van der Waals surface area contributed by atoms with Gasteiger partial charge in [-0.1, -0.05) is 0 Å². The van der Waals surface area contributed by atoms with E-state index in [1.165, 1.54) is 0 Å². The Bertz CT molecular complexity index is 316. The maximum atomic E-state index is 12.0. The summed E-state index contributed by atoms with van der Waals surface area (Å²) in [5.41, 5.74) is -1.76. The van der Waals surface area contributed by atoms with Crippen LogP contribution in [0.1, 0.15) is 40.0 Å². The monoisotopic (exact) mass is 241 g/mol. The molecule has 0 spiro atoms. The van der Waals surface area contributed by atoms with Gasteiger partial charge < -0.3 is 9.84 Å². The molecule has 0 radical (unpaired) electrons. The topological polar surface area (TPSA) is 49.8 Å². The highest BCUT2D eigenvalue weighted by Gasteiger charge is 2.59. The van der Waals surface area contributed by atoms with Gasteiger partial charge in [0.05, 0.1) is 17.6 Å². The van der Waals surface area contributed by atoms with Gasteiger partial charge in [-0.25, -0.2) is 0 Å². The van der Waals surface area contributed by atoms with E-state index in [0.717, 1.165) is 25.9 Å². The molecular weight excluding hydrogens is 218 g/mol. The molecular formula is C13H23NO3. The van der Waals surface area contributed by atoms with Crippen molar-refractivity contribution >= 4 is 5.97 Å². The summed E-state index contributed by atoms with van der Waals surface area (Å²) in [5.74, 6) is -0.281. The molecule has 2 saturated heterocycles. The van der Waals surface area contributed by atoms with E-state index in [2.05, 4.69) is 4.90 Å². The van der Waals surface area contributed by atoms with E-state index < -0.39 is 11.0 Å². The zero-order valence-corrected chi connectivity index (χ0v) is 11.0. The van der Waals surface area contributed by atoms with Gasteiger partial charge in [0.1, 0.15) is 0 Å². The molecule has 1 N–H and O–H groups in total. The normalized spacial score (nSPS) is 33.8. The van der Waals surface area contributed by atoms with Crippen molar-refractivity contribution in [3.63, 3.8) is 0 Å². The first-order chi connectivity index (χ1) is 7.93. The van der Waals surface area contributed by atoms with Crippen LogP contribution in [-0.4, -0.2) is 47.3 Å². The summed E-state index contributed by atoms with van der Waals surface area (Å²) >= 11 is 0. The molecule has 0 saturated carbocycles. The number of carbonyl (C=O) groups is 1. The number of nitrogens with zero attached hydrogens (tertiary/aromatic N) is 1. The molecule has 17 heavy (non-hydrogen) atoms. The van der Waals surface area contributed by atoms with Crippen LogP contribution in [0.25, 0.3) is 0 Å². The lowest BCUT2D eigenvalue weighted by Gasteiger charge is -2.41. The third kappa shape index (κ3) is 1.78. The van der Waals surface area contributed by atoms with Crippen molar-refractivity contribution in [3.05, 3.63) is 0 Å². The van der Waals surface area contributed by atoms with Crippen LogP contribution in [0.5, 0.6) is 0 Å². The van der Waals surface area contributed by atoms with Crippen molar-refractivity contribution in [2.24, 2.45) is 5.41 Å². The van der Waals surface area contributed by atoms with Gasteiger partial charge in [0.15, 0.2) is 0 Å². The second-order valence-corrected chi connectivity index (χ2v) is 5.71. The number of hydrogen-bond acceptors (Lipinski definition) is 4. The Morgan fingerprint density at radius 1 is 1.53 bits per heavy atom. The number of rotatable bonds is 3. The second-order valence-electron chi connectivity index (χ2n) is 5.71. The molecule has 2 fully saturated rings. The molecule has 2 aliphatic rings. The SMILES string of the molecule is CCOC(=O)C(C)(C)C1(O)CCN2CCCC21. The van der Waals surface area contributed by atoms with Crippen LogP contribution in [-0.2, 0) is 9.53 Å². The number of hydrogen-bond donors (Lipinski definition) is 1. The highest BCUT2D eigenvalue weighted by atomic mass is 16.5. The van der Waals surface area contributed by atoms with Gasteiger partial charge in [0, 0.05) is 12.6 Å². The molecule has 2 unspecified atom stereocenters. The first-order valence-corrected chi connectivity index (χ1v) is 6.57. The minimum Gasteiger partial charge on any atom is -0.465 e.